The first-order valence-corrected chi connectivity index (χ1v) is 7.55. The maximum Gasteiger partial charge on any atom is 0.240 e. The number of nitrogens with two attached hydrogens (primary N) is 1. The molecule has 0 aliphatic rings. The number of nitrogens with one attached hydrogen (secondary N) is 1. The molecule has 0 saturated heterocycles. The molecule has 2 amide bonds. The summed E-state index contributed by atoms with van der Waals surface area (Å²) in [4.78, 5) is 23.7. The monoisotopic (exact) mass is 348 g/mol. The summed E-state index contributed by atoms with van der Waals surface area (Å²) in [6.45, 7) is 0. The normalized spacial score (nSPS) is 11.6. The Morgan fingerprint density at radius 3 is 2.36 bits per heavy atom. The Hall–Kier alpha value is -2.96. The molecule has 2 aromatic carbocycles. The Bertz CT molecular complexity index is 760. The fourth-order valence-corrected chi connectivity index (χ4v) is 2.42. The fraction of sp³-hybridized carbons (Fsp3) is 0.222. The summed E-state index contributed by atoms with van der Waals surface area (Å²) >= 11 is 0. The second kappa shape index (κ2) is 8.23. The highest BCUT2D eigenvalue weighted by atomic mass is 19.1. The van der Waals surface area contributed by atoms with Crippen molar-refractivity contribution in [1.82, 2.24) is 5.32 Å². The van der Waals surface area contributed by atoms with Crippen molar-refractivity contribution in [3.8, 4) is 5.75 Å². The molecule has 0 saturated carbocycles. The first kappa shape index (κ1) is 18.4. The van der Waals surface area contributed by atoms with Gasteiger partial charge >= 0.3 is 0 Å². The van der Waals surface area contributed by atoms with Crippen LogP contribution in [0, 0.1) is 11.6 Å². The van der Waals surface area contributed by atoms with Crippen LogP contribution in [0.25, 0.3) is 0 Å². The largest absolute Gasteiger partial charge is 0.496 e. The van der Waals surface area contributed by atoms with Gasteiger partial charge in [0.05, 0.1) is 13.5 Å². The molecular weight excluding hydrogens is 330 g/mol. The van der Waals surface area contributed by atoms with Crippen LogP contribution in [0.4, 0.5) is 8.78 Å². The van der Waals surface area contributed by atoms with Gasteiger partial charge in [-0.2, -0.15) is 0 Å². The van der Waals surface area contributed by atoms with E-state index in [2.05, 4.69) is 5.32 Å². The number of carbonyl (C=O) groups excluding carboxylic acids is 2. The molecule has 1 atom stereocenters. The van der Waals surface area contributed by atoms with E-state index in [0.29, 0.717) is 11.3 Å². The summed E-state index contributed by atoms with van der Waals surface area (Å²) < 4.78 is 32.4. The quantitative estimate of drug-likeness (QED) is 0.800. The summed E-state index contributed by atoms with van der Waals surface area (Å²) in [6.07, 6.45) is -0.431. The van der Waals surface area contributed by atoms with E-state index in [0.717, 1.165) is 12.1 Å². The van der Waals surface area contributed by atoms with Gasteiger partial charge in [0, 0.05) is 12.0 Å². The second-order valence-electron chi connectivity index (χ2n) is 5.42. The molecule has 0 aliphatic carbocycles. The van der Waals surface area contributed by atoms with E-state index in [1.54, 1.807) is 24.3 Å². The van der Waals surface area contributed by atoms with Gasteiger partial charge in [0.15, 0.2) is 0 Å². The molecule has 0 radical (unpaired) electrons. The molecule has 0 heterocycles. The molecule has 25 heavy (non-hydrogen) atoms. The van der Waals surface area contributed by atoms with Crippen LogP contribution in [0.1, 0.15) is 11.1 Å². The van der Waals surface area contributed by atoms with Crippen molar-refractivity contribution >= 4 is 11.8 Å². The van der Waals surface area contributed by atoms with Crippen molar-refractivity contribution in [1.29, 1.82) is 0 Å². The SMILES string of the molecule is COc1ccccc1C[C@H](NC(=O)Cc1c(F)cccc1F)C(N)=O. The molecule has 0 aliphatic heterocycles. The van der Waals surface area contributed by atoms with Crippen molar-refractivity contribution in [2.45, 2.75) is 18.9 Å². The summed E-state index contributed by atoms with van der Waals surface area (Å²) in [7, 11) is 1.48. The maximum atomic E-state index is 13.6. The predicted octanol–water partition coefficient (Wildman–Crippen LogP) is 1.73. The van der Waals surface area contributed by atoms with Crippen LogP contribution in [0.5, 0.6) is 5.75 Å². The number of primary amides is 1. The lowest BCUT2D eigenvalue weighted by atomic mass is 10.0. The van der Waals surface area contributed by atoms with Crippen LogP contribution in [-0.4, -0.2) is 25.0 Å². The van der Waals surface area contributed by atoms with Crippen molar-refractivity contribution in [3.63, 3.8) is 0 Å². The van der Waals surface area contributed by atoms with Gasteiger partial charge in [-0.1, -0.05) is 24.3 Å². The summed E-state index contributed by atoms with van der Waals surface area (Å²) in [6, 6.07) is 9.27. The number of carbonyl (C=O) groups is 2. The minimum absolute atomic E-state index is 0.102. The van der Waals surface area contributed by atoms with Crippen molar-refractivity contribution in [2.75, 3.05) is 7.11 Å². The van der Waals surface area contributed by atoms with Gasteiger partial charge in [0.2, 0.25) is 11.8 Å². The van der Waals surface area contributed by atoms with Gasteiger partial charge in [0.25, 0.3) is 0 Å². The lowest BCUT2D eigenvalue weighted by molar-refractivity contribution is -0.127. The number of benzene rings is 2. The molecule has 2 rings (SSSR count). The van der Waals surface area contributed by atoms with Gasteiger partial charge in [-0.15, -0.1) is 0 Å². The number of para-hydroxylation sites is 1. The van der Waals surface area contributed by atoms with E-state index in [9.17, 15) is 18.4 Å². The molecule has 0 fully saturated rings. The van der Waals surface area contributed by atoms with Crippen molar-refractivity contribution in [3.05, 3.63) is 65.2 Å². The zero-order chi connectivity index (χ0) is 18.4. The third kappa shape index (κ3) is 4.76. The first-order chi connectivity index (χ1) is 11.9. The fourth-order valence-electron chi connectivity index (χ4n) is 2.42. The van der Waals surface area contributed by atoms with Crippen LogP contribution >= 0.6 is 0 Å². The van der Waals surface area contributed by atoms with Gasteiger partial charge in [-0.05, 0) is 23.8 Å². The number of halogens is 2. The number of hydrogen-bond acceptors (Lipinski definition) is 3. The molecular formula is C18H18F2N2O3. The zero-order valence-electron chi connectivity index (χ0n) is 13.6. The Labute approximate surface area is 143 Å². The Morgan fingerprint density at radius 1 is 1.12 bits per heavy atom. The molecule has 5 nitrogen and oxygen atoms in total. The second-order valence-corrected chi connectivity index (χ2v) is 5.42. The highest BCUT2D eigenvalue weighted by molar-refractivity contribution is 5.87. The van der Waals surface area contributed by atoms with E-state index in [1.807, 2.05) is 0 Å². The van der Waals surface area contributed by atoms with E-state index >= 15 is 0 Å². The van der Waals surface area contributed by atoms with E-state index < -0.39 is 35.9 Å². The molecule has 7 heteroatoms. The highest BCUT2D eigenvalue weighted by Gasteiger charge is 2.22. The third-order valence-corrected chi connectivity index (χ3v) is 3.69. The Morgan fingerprint density at radius 2 is 1.76 bits per heavy atom. The smallest absolute Gasteiger partial charge is 0.240 e. The van der Waals surface area contributed by atoms with E-state index in [4.69, 9.17) is 10.5 Å². The van der Waals surface area contributed by atoms with Gasteiger partial charge in [-0.3, -0.25) is 9.59 Å². The summed E-state index contributed by atoms with van der Waals surface area (Å²) in [5.74, 6) is -2.56. The number of hydrogen-bond donors (Lipinski definition) is 2. The lowest BCUT2D eigenvalue weighted by Gasteiger charge is -2.17. The molecule has 2 aromatic rings. The Kier molecular flexibility index (Phi) is 6.05. The molecule has 3 N–H and O–H groups in total. The third-order valence-electron chi connectivity index (χ3n) is 3.69. The Balaban J connectivity index is 2.11. The summed E-state index contributed by atoms with van der Waals surface area (Å²) in [5.41, 5.74) is 5.65. The van der Waals surface area contributed by atoms with Gasteiger partial charge < -0.3 is 15.8 Å². The van der Waals surface area contributed by atoms with Gasteiger partial charge in [0.1, 0.15) is 23.4 Å². The zero-order valence-corrected chi connectivity index (χ0v) is 13.6. The first-order valence-electron chi connectivity index (χ1n) is 7.55. The standard InChI is InChI=1S/C18H18F2N2O3/c1-25-16-8-3-2-5-11(16)9-15(18(21)24)22-17(23)10-12-13(19)6-4-7-14(12)20/h2-8,15H,9-10H2,1H3,(H2,21,24)(H,22,23)/t15-/m0/s1. The molecule has 0 spiro atoms. The van der Waals surface area contributed by atoms with Crippen LogP contribution in [0.2, 0.25) is 0 Å². The van der Waals surface area contributed by atoms with Crippen LogP contribution in [0.15, 0.2) is 42.5 Å². The van der Waals surface area contributed by atoms with E-state index in [1.165, 1.54) is 13.2 Å². The predicted molar refractivity (Wildman–Crippen MR) is 87.9 cm³/mol. The minimum atomic E-state index is -1.03. The number of ether oxygens (including phenoxy) is 1. The molecule has 0 aromatic heterocycles. The molecule has 132 valence electrons. The van der Waals surface area contributed by atoms with Crippen LogP contribution < -0.4 is 15.8 Å². The topological polar surface area (TPSA) is 81.4 Å². The minimum Gasteiger partial charge on any atom is -0.496 e. The number of amides is 2. The average molecular weight is 348 g/mol. The van der Waals surface area contributed by atoms with E-state index in [-0.39, 0.29) is 12.0 Å². The molecule has 0 bridgehead atoms. The van der Waals surface area contributed by atoms with Crippen LogP contribution in [0.3, 0.4) is 0 Å². The van der Waals surface area contributed by atoms with Gasteiger partial charge in [-0.25, -0.2) is 8.78 Å². The highest BCUT2D eigenvalue weighted by Crippen LogP contribution is 2.19. The molecule has 0 unspecified atom stereocenters. The average Bonchev–Trinajstić information content (AvgIpc) is 2.58. The maximum absolute atomic E-state index is 13.6. The number of rotatable bonds is 7. The summed E-state index contributed by atoms with van der Waals surface area (Å²) in [5, 5.41) is 2.42. The van der Waals surface area contributed by atoms with Crippen molar-refractivity contribution < 1.29 is 23.1 Å². The lowest BCUT2D eigenvalue weighted by Crippen LogP contribution is -2.46. The number of methoxy groups -OCH3 is 1. The van der Waals surface area contributed by atoms with Crippen LogP contribution in [-0.2, 0) is 22.4 Å². The van der Waals surface area contributed by atoms with Crippen molar-refractivity contribution in [2.24, 2.45) is 5.73 Å².